The van der Waals surface area contributed by atoms with Gasteiger partial charge in [-0.3, -0.25) is 0 Å². The first-order valence-corrected chi connectivity index (χ1v) is 8.10. The van der Waals surface area contributed by atoms with Crippen molar-refractivity contribution in [3.63, 3.8) is 0 Å². The molecule has 26 heavy (non-hydrogen) atoms. The molecule has 3 aromatic rings. The van der Waals surface area contributed by atoms with E-state index in [0.29, 0.717) is 34.3 Å². The molecule has 3 rings (SSSR count). The third-order valence-corrected chi connectivity index (χ3v) is 4.02. The molecule has 0 aliphatic carbocycles. The molecule has 0 unspecified atom stereocenters. The summed E-state index contributed by atoms with van der Waals surface area (Å²) in [5.74, 6) is 1.76. The fraction of sp³-hybridized carbons (Fsp3) is 0.263. The highest BCUT2D eigenvalue weighted by atomic mass is 19.1. The van der Waals surface area contributed by atoms with Gasteiger partial charge >= 0.3 is 0 Å². The number of rotatable bonds is 6. The van der Waals surface area contributed by atoms with Crippen molar-refractivity contribution in [3.8, 4) is 22.9 Å². The molecular weight excluding hydrogens is 337 g/mol. The van der Waals surface area contributed by atoms with Crippen LogP contribution in [0.2, 0.25) is 0 Å². The summed E-state index contributed by atoms with van der Waals surface area (Å²) in [5, 5.41) is 7.21. The first-order valence-electron chi connectivity index (χ1n) is 8.10. The number of nitrogens with one attached hydrogen (secondary N) is 1. The van der Waals surface area contributed by atoms with Gasteiger partial charge in [0.15, 0.2) is 0 Å². The zero-order valence-corrected chi connectivity index (χ0v) is 15.0. The van der Waals surface area contributed by atoms with E-state index in [9.17, 15) is 4.39 Å². The van der Waals surface area contributed by atoms with Crippen LogP contribution in [0.1, 0.15) is 24.4 Å². The van der Waals surface area contributed by atoms with Gasteiger partial charge in [-0.1, -0.05) is 17.3 Å². The maximum atomic E-state index is 13.7. The lowest BCUT2D eigenvalue weighted by molar-refractivity contribution is 0.366. The van der Waals surface area contributed by atoms with Gasteiger partial charge in [0.25, 0.3) is 0 Å². The molecule has 1 heterocycles. The van der Waals surface area contributed by atoms with Gasteiger partial charge in [0.05, 0.1) is 19.9 Å². The average molecular weight is 357 g/mol. The Kier molecular flexibility index (Phi) is 5.06. The molecule has 1 atom stereocenters. The molecule has 0 aliphatic heterocycles. The molecule has 7 heteroatoms. The fourth-order valence-corrected chi connectivity index (χ4v) is 2.47. The Balaban J connectivity index is 1.80. The van der Waals surface area contributed by atoms with Gasteiger partial charge in [0.1, 0.15) is 23.4 Å². The van der Waals surface area contributed by atoms with Crippen LogP contribution in [-0.2, 0) is 0 Å². The minimum Gasteiger partial charge on any atom is -0.497 e. The smallest absolute Gasteiger partial charge is 0.249 e. The highest BCUT2D eigenvalue weighted by Gasteiger charge is 2.17. The number of aryl methyl sites for hydroxylation is 1. The van der Waals surface area contributed by atoms with Crippen LogP contribution in [0.5, 0.6) is 11.5 Å². The Morgan fingerprint density at radius 1 is 1.12 bits per heavy atom. The monoisotopic (exact) mass is 357 g/mol. The van der Waals surface area contributed by atoms with Crippen LogP contribution in [-0.4, -0.2) is 24.4 Å². The lowest BCUT2D eigenvalue weighted by Crippen LogP contribution is -2.08. The Labute approximate surface area is 150 Å². The van der Waals surface area contributed by atoms with Crippen LogP contribution < -0.4 is 14.8 Å². The van der Waals surface area contributed by atoms with Gasteiger partial charge in [-0.05, 0) is 37.6 Å². The van der Waals surface area contributed by atoms with Crippen molar-refractivity contribution in [2.24, 2.45) is 0 Å². The number of methoxy groups -OCH3 is 2. The molecule has 2 aromatic carbocycles. The number of halogens is 1. The second-order valence-electron chi connectivity index (χ2n) is 5.85. The number of anilines is 1. The summed E-state index contributed by atoms with van der Waals surface area (Å²) in [6.45, 7) is 3.59. The minimum absolute atomic E-state index is 0.270. The van der Waals surface area contributed by atoms with E-state index >= 15 is 0 Å². The predicted octanol–water partition coefficient (Wildman–Crippen LogP) is 4.37. The first kappa shape index (κ1) is 17.7. The predicted molar refractivity (Wildman–Crippen MR) is 96.0 cm³/mol. The average Bonchev–Trinajstić information content (AvgIpc) is 3.14. The lowest BCUT2D eigenvalue weighted by Gasteiger charge is -2.15. The standard InChI is InChI=1S/C19H20FN3O3/c1-11-5-6-13(9-15(11)20)18-22-19(26-23-18)12(2)21-16-8-7-14(24-3)10-17(16)25-4/h5-10,12,21H,1-4H3/t12-/m0/s1. The maximum Gasteiger partial charge on any atom is 0.249 e. The molecule has 6 nitrogen and oxygen atoms in total. The van der Waals surface area contributed by atoms with Crippen molar-refractivity contribution in [1.82, 2.24) is 10.1 Å². The van der Waals surface area contributed by atoms with Crippen molar-refractivity contribution in [2.75, 3.05) is 19.5 Å². The Hall–Kier alpha value is -3.09. The fourth-order valence-electron chi connectivity index (χ4n) is 2.47. The number of hydrogen-bond acceptors (Lipinski definition) is 6. The van der Waals surface area contributed by atoms with Crippen molar-refractivity contribution in [2.45, 2.75) is 19.9 Å². The summed E-state index contributed by atoms with van der Waals surface area (Å²) in [7, 11) is 3.18. The zero-order valence-electron chi connectivity index (χ0n) is 15.0. The normalized spacial score (nSPS) is 11.9. The molecule has 1 N–H and O–H groups in total. The van der Waals surface area contributed by atoms with Crippen molar-refractivity contribution < 1.29 is 18.4 Å². The third kappa shape index (κ3) is 3.61. The van der Waals surface area contributed by atoms with E-state index in [1.54, 1.807) is 39.3 Å². The molecule has 0 saturated carbocycles. The Morgan fingerprint density at radius 2 is 1.92 bits per heavy atom. The molecule has 0 radical (unpaired) electrons. The van der Waals surface area contributed by atoms with E-state index in [2.05, 4.69) is 15.5 Å². The molecule has 0 spiro atoms. The number of benzene rings is 2. The molecule has 0 amide bonds. The molecule has 0 saturated heterocycles. The second-order valence-corrected chi connectivity index (χ2v) is 5.85. The number of nitrogens with zero attached hydrogens (tertiary/aromatic N) is 2. The van der Waals surface area contributed by atoms with Crippen molar-refractivity contribution >= 4 is 5.69 Å². The van der Waals surface area contributed by atoms with Crippen LogP contribution in [0.15, 0.2) is 40.9 Å². The molecular formula is C19H20FN3O3. The SMILES string of the molecule is COc1ccc(N[C@@H](C)c2nc(-c3ccc(C)c(F)c3)no2)c(OC)c1. The third-order valence-electron chi connectivity index (χ3n) is 4.02. The van der Waals surface area contributed by atoms with E-state index < -0.39 is 0 Å². The Morgan fingerprint density at radius 3 is 2.62 bits per heavy atom. The largest absolute Gasteiger partial charge is 0.497 e. The van der Waals surface area contributed by atoms with Gasteiger partial charge in [-0.25, -0.2) is 4.39 Å². The number of aromatic nitrogens is 2. The minimum atomic E-state index is -0.303. The first-order chi connectivity index (χ1) is 12.5. The van der Waals surface area contributed by atoms with Gasteiger partial charge in [-0.2, -0.15) is 4.98 Å². The maximum absolute atomic E-state index is 13.7. The molecule has 0 fully saturated rings. The summed E-state index contributed by atoms with van der Waals surface area (Å²) < 4.78 is 29.6. The van der Waals surface area contributed by atoms with Gasteiger partial charge < -0.3 is 19.3 Å². The summed E-state index contributed by atoms with van der Waals surface area (Å²) in [4.78, 5) is 4.36. The van der Waals surface area contributed by atoms with E-state index in [1.807, 2.05) is 19.1 Å². The summed E-state index contributed by atoms with van der Waals surface area (Å²) in [6.07, 6.45) is 0. The topological polar surface area (TPSA) is 69.4 Å². The van der Waals surface area contributed by atoms with Crippen LogP contribution >= 0.6 is 0 Å². The van der Waals surface area contributed by atoms with E-state index in [4.69, 9.17) is 14.0 Å². The second kappa shape index (κ2) is 7.43. The summed E-state index contributed by atoms with van der Waals surface area (Å²) in [5.41, 5.74) is 1.90. The molecule has 0 aliphatic rings. The quantitative estimate of drug-likeness (QED) is 0.706. The van der Waals surface area contributed by atoms with Gasteiger partial charge in [-0.15, -0.1) is 0 Å². The Bertz CT molecular complexity index is 911. The molecule has 0 bridgehead atoms. The van der Waals surface area contributed by atoms with Crippen LogP contribution in [0, 0.1) is 12.7 Å². The summed E-state index contributed by atoms with van der Waals surface area (Å²) in [6, 6.07) is 10.0. The van der Waals surface area contributed by atoms with Crippen molar-refractivity contribution in [3.05, 3.63) is 53.7 Å². The van der Waals surface area contributed by atoms with Gasteiger partial charge in [0, 0.05) is 11.6 Å². The molecule has 136 valence electrons. The van der Waals surface area contributed by atoms with Crippen LogP contribution in [0.4, 0.5) is 10.1 Å². The van der Waals surface area contributed by atoms with E-state index in [0.717, 1.165) is 5.69 Å². The van der Waals surface area contributed by atoms with E-state index in [-0.39, 0.29) is 11.9 Å². The van der Waals surface area contributed by atoms with Crippen LogP contribution in [0.25, 0.3) is 11.4 Å². The van der Waals surface area contributed by atoms with Gasteiger partial charge in [0.2, 0.25) is 11.7 Å². The highest BCUT2D eigenvalue weighted by molar-refractivity contribution is 5.60. The van der Waals surface area contributed by atoms with Crippen LogP contribution in [0.3, 0.4) is 0 Å². The number of ether oxygens (including phenoxy) is 2. The highest BCUT2D eigenvalue weighted by Crippen LogP contribution is 2.32. The number of hydrogen-bond donors (Lipinski definition) is 1. The summed E-state index contributed by atoms with van der Waals surface area (Å²) >= 11 is 0. The molecule has 1 aromatic heterocycles. The lowest BCUT2D eigenvalue weighted by atomic mass is 10.1. The van der Waals surface area contributed by atoms with E-state index in [1.165, 1.54) is 6.07 Å². The van der Waals surface area contributed by atoms with Crippen molar-refractivity contribution in [1.29, 1.82) is 0 Å². The zero-order chi connectivity index (χ0) is 18.7.